The number of aryl methyl sites for hydroxylation is 1. The second kappa shape index (κ2) is 10.0. The molecule has 1 aromatic heterocycles. The minimum absolute atomic E-state index is 0.0461. The molecule has 0 aliphatic carbocycles. The highest BCUT2D eigenvalue weighted by Crippen LogP contribution is 2.21. The number of hydrogen-bond acceptors (Lipinski definition) is 6. The lowest BCUT2D eigenvalue weighted by Crippen LogP contribution is -2.39. The number of esters is 1. The van der Waals surface area contributed by atoms with Crippen molar-refractivity contribution in [3.63, 3.8) is 0 Å². The van der Waals surface area contributed by atoms with Gasteiger partial charge in [0.1, 0.15) is 0 Å². The number of hydrogen-bond donors (Lipinski definition) is 0. The molecule has 32 heavy (non-hydrogen) atoms. The summed E-state index contributed by atoms with van der Waals surface area (Å²) in [4.78, 5) is 30.9. The van der Waals surface area contributed by atoms with Gasteiger partial charge >= 0.3 is 5.97 Å². The van der Waals surface area contributed by atoms with Crippen LogP contribution in [0.3, 0.4) is 0 Å². The van der Waals surface area contributed by atoms with Gasteiger partial charge in [-0.2, -0.15) is 4.98 Å². The van der Waals surface area contributed by atoms with Crippen LogP contribution in [0, 0.1) is 12.8 Å². The van der Waals surface area contributed by atoms with Crippen molar-refractivity contribution < 1.29 is 18.8 Å². The van der Waals surface area contributed by atoms with E-state index in [0.717, 1.165) is 16.7 Å². The molecule has 0 bridgehead atoms. The third-order valence-electron chi connectivity index (χ3n) is 5.47. The standard InChI is InChI=1S/C25H25N3O4/c1-18-7-10-20(11-8-18)24-26-22(32-27-24)17-31-25(30)21-13-15-28(16-14-21)23(29)12-9-19-5-3-2-4-6-19/h2-12,21H,13-17H2,1H3/b12-9+. The fourth-order valence-corrected chi connectivity index (χ4v) is 3.56. The van der Waals surface area contributed by atoms with Gasteiger partial charge in [-0.05, 0) is 31.4 Å². The molecule has 2 aromatic carbocycles. The van der Waals surface area contributed by atoms with Crippen LogP contribution in [-0.4, -0.2) is 40.0 Å². The number of carbonyl (C=O) groups is 2. The normalized spacial score (nSPS) is 14.6. The van der Waals surface area contributed by atoms with E-state index in [-0.39, 0.29) is 30.3 Å². The fourth-order valence-electron chi connectivity index (χ4n) is 3.56. The molecule has 0 radical (unpaired) electrons. The summed E-state index contributed by atoms with van der Waals surface area (Å²) < 4.78 is 10.6. The van der Waals surface area contributed by atoms with Crippen molar-refractivity contribution in [1.29, 1.82) is 0 Å². The van der Waals surface area contributed by atoms with Crippen molar-refractivity contribution in [2.75, 3.05) is 13.1 Å². The Balaban J connectivity index is 1.23. The molecule has 1 fully saturated rings. The predicted octanol–water partition coefficient (Wildman–Crippen LogP) is 4.04. The molecular formula is C25H25N3O4. The molecular weight excluding hydrogens is 406 g/mol. The van der Waals surface area contributed by atoms with E-state index in [2.05, 4.69) is 10.1 Å². The van der Waals surface area contributed by atoms with Gasteiger partial charge in [0.2, 0.25) is 11.7 Å². The van der Waals surface area contributed by atoms with E-state index in [0.29, 0.717) is 31.8 Å². The van der Waals surface area contributed by atoms with Crippen LogP contribution in [0.15, 0.2) is 65.2 Å². The van der Waals surface area contributed by atoms with Gasteiger partial charge in [-0.15, -0.1) is 0 Å². The molecule has 0 saturated carbocycles. The van der Waals surface area contributed by atoms with Crippen molar-refractivity contribution >= 4 is 18.0 Å². The third kappa shape index (κ3) is 5.49. The molecule has 1 aliphatic rings. The van der Waals surface area contributed by atoms with Crippen LogP contribution in [-0.2, 0) is 20.9 Å². The van der Waals surface area contributed by atoms with E-state index in [1.807, 2.05) is 61.5 Å². The summed E-state index contributed by atoms with van der Waals surface area (Å²) >= 11 is 0. The van der Waals surface area contributed by atoms with Crippen LogP contribution in [0.1, 0.15) is 29.9 Å². The van der Waals surface area contributed by atoms with Gasteiger partial charge in [0.25, 0.3) is 5.89 Å². The fraction of sp³-hybridized carbons (Fsp3) is 0.280. The summed E-state index contributed by atoms with van der Waals surface area (Å²) in [5, 5.41) is 3.95. The maximum atomic E-state index is 12.4. The first-order valence-electron chi connectivity index (χ1n) is 10.7. The van der Waals surface area contributed by atoms with Crippen LogP contribution in [0.4, 0.5) is 0 Å². The van der Waals surface area contributed by atoms with Crippen molar-refractivity contribution in [2.45, 2.75) is 26.4 Å². The van der Waals surface area contributed by atoms with Crippen molar-refractivity contribution in [3.05, 3.63) is 77.7 Å². The first-order chi connectivity index (χ1) is 15.6. The Morgan fingerprint density at radius 2 is 1.81 bits per heavy atom. The maximum absolute atomic E-state index is 12.4. The molecule has 2 heterocycles. The number of benzene rings is 2. The van der Waals surface area contributed by atoms with Crippen molar-refractivity contribution in [2.24, 2.45) is 5.92 Å². The lowest BCUT2D eigenvalue weighted by atomic mass is 9.97. The van der Waals surface area contributed by atoms with E-state index >= 15 is 0 Å². The SMILES string of the molecule is Cc1ccc(-c2noc(COC(=O)C3CCN(C(=O)/C=C/c4ccccc4)CC3)n2)cc1. The second-order valence-electron chi connectivity index (χ2n) is 7.83. The van der Waals surface area contributed by atoms with E-state index in [1.54, 1.807) is 17.1 Å². The highest BCUT2D eigenvalue weighted by Gasteiger charge is 2.28. The van der Waals surface area contributed by atoms with E-state index in [1.165, 1.54) is 0 Å². The van der Waals surface area contributed by atoms with Crippen molar-refractivity contribution in [3.8, 4) is 11.4 Å². The lowest BCUT2D eigenvalue weighted by Gasteiger charge is -2.30. The number of ether oxygens (including phenoxy) is 1. The van der Waals surface area contributed by atoms with Gasteiger partial charge in [-0.25, -0.2) is 0 Å². The van der Waals surface area contributed by atoms with Gasteiger partial charge in [-0.3, -0.25) is 9.59 Å². The van der Waals surface area contributed by atoms with E-state index in [9.17, 15) is 9.59 Å². The Morgan fingerprint density at radius 1 is 1.09 bits per heavy atom. The molecule has 164 valence electrons. The number of piperidine rings is 1. The van der Waals surface area contributed by atoms with Crippen LogP contribution in [0.25, 0.3) is 17.5 Å². The molecule has 1 amide bonds. The van der Waals surface area contributed by atoms with E-state index < -0.39 is 0 Å². The molecule has 0 N–H and O–H groups in total. The summed E-state index contributed by atoms with van der Waals surface area (Å²) in [6.45, 7) is 3.00. The predicted molar refractivity (Wildman–Crippen MR) is 119 cm³/mol. The molecule has 0 spiro atoms. The van der Waals surface area contributed by atoms with Gasteiger partial charge in [0.05, 0.1) is 5.92 Å². The van der Waals surface area contributed by atoms with Gasteiger partial charge in [0.15, 0.2) is 6.61 Å². The Bertz CT molecular complexity index is 1080. The van der Waals surface area contributed by atoms with E-state index in [4.69, 9.17) is 9.26 Å². The summed E-state index contributed by atoms with van der Waals surface area (Å²) in [5.74, 6) is 0.137. The number of rotatable bonds is 6. The first-order valence-corrected chi connectivity index (χ1v) is 10.7. The number of amides is 1. The van der Waals surface area contributed by atoms with Crippen LogP contribution < -0.4 is 0 Å². The summed E-state index contributed by atoms with van der Waals surface area (Å²) in [6, 6.07) is 17.5. The molecule has 0 unspecified atom stereocenters. The Labute approximate surface area is 186 Å². The second-order valence-corrected chi connectivity index (χ2v) is 7.83. The average Bonchev–Trinajstić information content (AvgIpc) is 3.31. The number of nitrogens with zero attached hydrogens (tertiary/aromatic N) is 3. The Kier molecular flexibility index (Phi) is 6.75. The zero-order valence-electron chi connectivity index (χ0n) is 17.9. The maximum Gasteiger partial charge on any atom is 0.309 e. The minimum atomic E-state index is -0.299. The van der Waals surface area contributed by atoms with Gasteiger partial charge in [0, 0.05) is 24.7 Å². The number of likely N-dealkylation sites (tertiary alicyclic amines) is 1. The molecule has 0 atom stereocenters. The number of aromatic nitrogens is 2. The summed E-state index contributed by atoms with van der Waals surface area (Å²) in [6.07, 6.45) is 4.53. The zero-order chi connectivity index (χ0) is 22.3. The smallest absolute Gasteiger partial charge is 0.309 e. The summed E-state index contributed by atoms with van der Waals surface area (Å²) in [5.41, 5.74) is 2.97. The van der Waals surface area contributed by atoms with Crippen LogP contribution >= 0.6 is 0 Å². The molecule has 1 aliphatic heterocycles. The van der Waals surface area contributed by atoms with Gasteiger partial charge < -0.3 is 14.2 Å². The van der Waals surface area contributed by atoms with Crippen LogP contribution in [0.2, 0.25) is 0 Å². The van der Waals surface area contributed by atoms with Crippen LogP contribution in [0.5, 0.6) is 0 Å². The molecule has 3 aromatic rings. The largest absolute Gasteiger partial charge is 0.455 e. The quantitative estimate of drug-likeness (QED) is 0.433. The number of carbonyl (C=O) groups excluding carboxylic acids is 2. The monoisotopic (exact) mass is 431 g/mol. The van der Waals surface area contributed by atoms with Crippen molar-refractivity contribution in [1.82, 2.24) is 15.0 Å². The topological polar surface area (TPSA) is 85.5 Å². The Hall–Kier alpha value is -3.74. The highest BCUT2D eigenvalue weighted by atomic mass is 16.6. The molecule has 7 heteroatoms. The zero-order valence-corrected chi connectivity index (χ0v) is 17.9. The first kappa shape index (κ1) is 21.5. The minimum Gasteiger partial charge on any atom is -0.455 e. The average molecular weight is 431 g/mol. The third-order valence-corrected chi connectivity index (χ3v) is 5.47. The molecule has 1 saturated heterocycles. The Morgan fingerprint density at radius 3 is 2.53 bits per heavy atom. The van der Waals surface area contributed by atoms with Gasteiger partial charge in [-0.1, -0.05) is 65.3 Å². The molecule has 4 rings (SSSR count). The highest BCUT2D eigenvalue weighted by molar-refractivity contribution is 5.92. The summed E-state index contributed by atoms with van der Waals surface area (Å²) in [7, 11) is 0. The molecule has 7 nitrogen and oxygen atoms in total. The lowest BCUT2D eigenvalue weighted by molar-refractivity contribution is -0.153.